The fourth-order valence-corrected chi connectivity index (χ4v) is 4.39. The lowest BCUT2D eigenvalue weighted by Crippen LogP contribution is -2.20. The maximum atomic E-state index is 12.2. The Balaban J connectivity index is 2.55. The number of anilines is 1. The normalized spacial score (nSPS) is 11.8. The third kappa shape index (κ3) is 5.66. The largest absolute Gasteiger partial charge is 0.383 e. The molecule has 0 aliphatic rings. The number of aromatic nitrogens is 1. The fourth-order valence-electron chi connectivity index (χ4n) is 2.87. The van der Waals surface area contributed by atoms with Crippen molar-refractivity contribution >= 4 is 33.6 Å². The molecule has 2 N–H and O–H groups in total. The van der Waals surface area contributed by atoms with E-state index >= 15 is 0 Å². The lowest BCUT2D eigenvalue weighted by atomic mass is 10.0. The maximum absolute atomic E-state index is 12.2. The minimum absolute atomic E-state index is 0.0943. The number of benzene rings is 1. The van der Waals surface area contributed by atoms with Gasteiger partial charge in [-0.3, -0.25) is 4.79 Å². The molecule has 11 heteroatoms. The second-order valence-electron chi connectivity index (χ2n) is 6.70. The molecule has 0 spiro atoms. The highest BCUT2D eigenvalue weighted by Crippen LogP contribution is 2.39. The third-order valence-electron chi connectivity index (χ3n) is 4.17. The van der Waals surface area contributed by atoms with Crippen molar-refractivity contribution in [2.45, 2.75) is 23.6 Å². The number of nitriles is 2. The Labute approximate surface area is 185 Å². The molecule has 0 fully saturated rings. The number of nitrogens with two attached hydrogens (primary N) is 1. The smallest absolute Gasteiger partial charge is 0.306 e. The highest BCUT2D eigenvalue weighted by Gasteiger charge is 2.26. The number of rotatable bonds is 8. The molecule has 1 aromatic carbocycles. The van der Waals surface area contributed by atoms with Gasteiger partial charge in [0, 0.05) is 14.1 Å². The van der Waals surface area contributed by atoms with Crippen LogP contribution in [0.25, 0.3) is 0 Å². The number of nitrogens with zero attached hydrogens (tertiary/aromatic N) is 4. The van der Waals surface area contributed by atoms with Crippen LogP contribution in [0.4, 0.5) is 5.82 Å². The minimum atomic E-state index is -3.69. The molecule has 0 bridgehead atoms. The highest BCUT2D eigenvalue weighted by atomic mass is 32.2. The van der Waals surface area contributed by atoms with Crippen LogP contribution in [-0.4, -0.2) is 39.7 Å². The second-order valence-corrected chi connectivity index (χ2v) is 9.37. The lowest BCUT2D eigenvalue weighted by Gasteiger charge is -2.20. The maximum Gasteiger partial charge on any atom is 0.306 e. The van der Waals surface area contributed by atoms with E-state index < -0.39 is 21.3 Å². The molecular weight excluding hydrogens is 438 g/mol. The van der Waals surface area contributed by atoms with Crippen LogP contribution in [0.2, 0.25) is 0 Å². The predicted molar refractivity (Wildman–Crippen MR) is 117 cm³/mol. The Bertz CT molecular complexity index is 1180. The van der Waals surface area contributed by atoms with Crippen molar-refractivity contribution < 1.29 is 17.4 Å². The summed E-state index contributed by atoms with van der Waals surface area (Å²) < 4.78 is 27.4. The molecule has 0 saturated carbocycles. The molecule has 0 aliphatic carbocycles. The summed E-state index contributed by atoms with van der Waals surface area (Å²) >= 11 is 0.997. The lowest BCUT2D eigenvalue weighted by molar-refractivity contribution is -0.117. The summed E-state index contributed by atoms with van der Waals surface area (Å²) in [4.78, 5) is 18.3. The van der Waals surface area contributed by atoms with Gasteiger partial charge in [0.05, 0.1) is 17.4 Å². The van der Waals surface area contributed by atoms with Crippen LogP contribution >= 0.6 is 11.8 Å². The average molecular weight is 460 g/mol. The van der Waals surface area contributed by atoms with Gasteiger partial charge in [-0.2, -0.15) is 18.9 Å². The third-order valence-corrected chi connectivity index (χ3v) is 5.92. The van der Waals surface area contributed by atoms with Gasteiger partial charge >= 0.3 is 10.1 Å². The van der Waals surface area contributed by atoms with Gasteiger partial charge in [0.25, 0.3) is 0 Å². The molecule has 162 valence electrons. The van der Waals surface area contributed by atoms with Crippen molar-refractivity contribution in [3.8, 4) is 17.9 Å². The van der Waals surface area contributed by atoms with Crippen LogP contribution in [0.5, 0.6) is 5.75 Å². The van der Waals surface area contributed by atoms with Crippen LogP contribution in [0.3, 0.4) is 0 Å². The molecule has 2 aromatic rings. The summed E-state index contributed by atoms with van der Waals surface area (Å²) in [6.45, 7) is 1.83. The number of carbonyl (C=O) groups is 1. The zero-order valence-electron chi connectivity index (χ0n) is 17.4. The second kappa shape index (κ2) is 9.69. The molecule has 0 radical (unpaired) electrons. The van der Waals surface area contributed by atoms with Crippen molar-refractivity contribution in [1.82, 2.24) is 4.98 Å². The predicted octanol–water partition coefficient (Wildman–Crippen LogP) is 2.11. The molecule has 1 atom stereocenters. The van der Waals surface area contributed by atoms with Gasteiger partial charge < -0.3 is 14.8 Å². The standard InChI is InChI=1S/C20H21N5O4S2/c1-5-14-15(10-21)19(25(2)3)24-20(16(14)11-22)30-17(18(23)26)12-6-8-13(9-7-12)29-31(4,27)28/h6-9,17H,5H2,1-4H3,(H2,23,26)/t17-/m0/s1. The fraction of sp³-hybridized carbons (Fsp3) is 0.300. The zero-order chi connectivity index (χ0) is 23.3. The minimum Gasteiger partial charge on any atom is -0.383 e. The van der Waals surface area contributed by atoms with Gasteiger partial charge in [-0.1, -0.05) is 30.8 Å². The molecule has 0 unspecified atom stereocenters. The Kier molecular flexibility index (Phi) is 7.50. The van der Waals surface area contributed by atoms with E-state index in [-0.39, 0.29) is 16.3 Å². The van der Waals surface area contributed by atoms with Crippen molar-refractivity contribution in [3.63, 3.8) is 0 Å². The van der Waals surface area contributed by atoms with E-state index in [0.29, 0.717) is 28.9 Å². The van der Waals surface area contributed by atoms with Crippen LogP contribution in [0, 0.1) is 22.7 Å². The van der Waals surface area contributed by atoms with Crippen molar-refractivity contribution in [2.75, 3.05) is 25.3 Å². The molecule has 1 amide bonds. The highest BCUT2D eigenvalue weighted by molar-refractivity contribution is 8.00. The van der Waals surface area contributed by atoms with Gasteiger partial charge in [0.2, 0.25) is 5.91 Å². The number of primary amides is 1. The number of hydrogen-bond donors (Lipinski definition) is 1. The average Bonchev–Trinajstić information content (AvgIpc) is 2.69. The summed E-state index contributed by atoms with van der Waals surface area (Å²) in [6.07, 6.45) is 1.36. The number of carbonyl (C=O) groups excluding carboxylic acids is 1. The molecule has 9 nitrogen and oxygen atoms in total. The Morgan fingerprint density at radius 2 is 1.81 bits per heavy atom. The van der Waals surface area contributed by atoms with E-state index in [1.54, 1.807) is 19.0 Å². The van der Waals surface area contributed by atoms with Crippen LogP contribution < -0.4 is 14.8 Å². The first-order valence-electron chi connectivity index (χ1n) is 9.02. The van der Waals surface area contributed by atoms with Gasteiger partial charge in [0.15, 0.2) is 0 Å². The summed E-state index contributed by atoms with van der Waals surface area (Å²) in [7, 11) is -0.223. The summed E-state index contributed by atoms with van der Waals surface area (Å²) in [5.41, 5.74) is 7.18. The van der Waals surface area contributed by atoms with Crippen LogP contribution in [0.1, 0.15) is 34.4 Å². The van der Waals surface area contributed by atoms with Gasteiger partial charge in [0.1, 0.15) is 34.0 Å². The van der Waals surface area contributed by atoms with E-state index in [0.717, 1.165) is 18.0 Å². The van der Waals surface area contributed by atoms with Crippen molar-refractivity contribution in [1.29, 1.82) is 10.5 Å². The zero-order valence-corrected chi connectivity index (χ0v) is 19.0. The Morgan fingerprint density at radius 3 is 2.23 bits per heavy atom. The first-order chi connectivity index (χ1) is 14.5. The summed E-state index contributed by atoms with van der Waals surface area (Å²) in [5, 5.41) is 18.7. The monoisotopic (exact) mass is 459 g/mol. The quantitative estimate of drug-likeness (QED) is 0.462. The van der Waals surface area contributed by atoms with Crippen molar-refractivity contribution in [2.24, 2.45) is 5.73 Å². The van der Waals surface area contributed by atoms with E-state index in [9.17, 15) is 23.7 Å². The number of amides is 1. The van der Waals surface area contributed by atoms with Gasteiger partial charge in [-0.05, 0) is 29.7 Å². The van der Waals surface area contributed by atoms with Gasteiger partial charge in [-0.15, -0.1) is 0 Å². The molecule has 1 heterocycles. The number of pyridine rings is 1. The van der Waals surface area contributed by atoms with Crippen LogP contribution in [-0.2, 0) is 21.3 Å². The molecule has 0 saturated heterocycles. The molecular formula is C20H21N5O4S2. The van der Waals surface area contributed by atoms with Gasteiger partial charge in [-0.25, -0.2) is 4.98 Å². The molecule has 2 rings (SSSR count). The first-order valence-corrected chi connectivity index (χ1v) is 11.7. The van der Waals surface area contributed by atoms with E-state index in [1.807, 2.05) is 6.92 Å². The number of thioether (sulfide) groups is 1. The summed E-state index contributed by atoms with van der Waals surface area (Å²) in [5.74, 6) is -0.181. The van der Waals surface area contributed by atoms with E-state index in [2.05, 4.69) is 17.1 Å². The van der Waals surface area contributed by atoms with Crippen LogP contribution in [0.15, 0.2) is 29.3 Å². The Hall–Kier alpha value is -3.28. The van der Waals surface area contributed by atoms with E-state index in [4.69, 9.17) is 9.92 Å². The van der Waals surface area contributed by atoms with E-state index in [1.165, 1.54) is 24.3 Å². The first kappa shape index (κ1) is 24.0. The Morgan fingerprint density at radius 1 is 1.23 bits per heavy atom. The number of hydrogen-bond acceptors (Lipinski definition) is 9. The SMILES string of the molecule is CCc1c(C#N)c(S[C@H](C(N)=O)c2ccc(OS(C)(=O)=O)cc2)nc(N(C)C)c1C#N. The van der Waals surface area contributed by atoms with Crippen molar-refractivity contribution in [3.05, 3.63) is 46.5 Å². The summed E-state index contributed by atoms with van der Waals surface area (Å²) in [6, 6.07) is 10.1. The molecule has 31 heavy (non-hydrogen) atoms. The molecule has 1 aromatic heterocycles. The molecule has 0 aliphatic heterocycles. The topological polar surface area (TPSA) is 150 Å².